The predicted octanol–water partition coefficient (Wildman–Crippen LogP) is 1.72. The molecule has 0 bridgehead atoms. The molecule has 4 atom stereocenters. The molecule has 0 spiro atoms. The fourth-order valence-corrected chi connectivity index (χ4v) is 3.33. The van der Waals surface area contributed by atoms with Crippen LogP contribution in [-0.2, 0) is 14.3 Å². The molecule has 0 saturated heterocycles. The van der Waals surface area contributed by atoms with E-state index in [2.05, 4.69) is 24.5 Å². The highest BCUT2D eigenvalue weighted by Crippen LogP contribution is 2.20. The lowest BCUT2D eigenvalue weighted by Crippen LogP contribution is -2.47. The molecule has 0 aliphatic rings. The Morgan fingerprint density at radius 3 is 2.35 bits per heavy atom. The first-order valence-corrected chi connectivity index (χ1v) is 11.9. The van der Waals surface area contributed by atoms with Crippen LogP contribution in [0.4, 0.5) is 0 Å². The number of ether oxygens (including phenoxy) is 3. The van der Waals surface area contributed by atoms with E-state index in [1.807, 2.05) is 6.07 Å². The number of rotatable bonds is 17. The Balaban J connectivity index is 2.61. The number of amides is 2. The van der Waals surface area contributed by atoms with Crippen molar-refractivity contribution < 1.29 is 28.9 Å². The molecule has 2 amide bonds. The monoisotopic (exact) mass is 481 g/mol. The second kappa shape index (κ2) is 16.4. The number of hydrogen-bond acceptors (Lipinski definition) is 7. The van der Waals surface area contributed by atoms with E-state index in [0.29, 0.717) is 37.5 Å². The summed E-state index contributed by atoms with van der Waals surface area (Å²) in [6, 6.07) is 6.62. The van der Waals surface area contributed by atoms with Crippen molar-refractivity contribution in [2.45, 2.75) is 58.3 Å². The van der Waals surface area contributed by atoms with Crippen molar-refractivity contribution in [2.75, 3.05) is 40.5 Å². The molecule has 1 rings (SSSR count). The van der Waals surface area contributed by atoms with Gasteiger partial charge in [0, 0.05) is 40.0 Å². The second-order valence-electron chi connectivity index (χ2n) is 8.85. The normalized spacial score (nSPS) is 14.8. The minimum absolute atomic E-state index is 0.0416. The van der Waals surface area contributed by atoms with Gasteiger partial charge in [0.15, 0.2) is 0 Å². The number of methoxy groups -OCH3 is 2. The maximum Gasteiger partial charge on any atom is 0.255 e. The van der Waals surface area contributed by atoms with Gasteiger partial charge >= 0.3 is 0 Å². The molecule has 0 saturated carbocycles. The van der Waals surface area contributed by atoms with Crippen LogP contribution in [0.15, 0.2) is 24.3 Å². The number of carbonyl (C=O) groups is 2. The van der Waals surface area contributed by atoms with Crippen molar-refractivity contribution in [1.29, 1.82) is 0 Å². The smallest absolute Gasteiger partial charge is 0.255 e. The van der Waals surface area contributed by atoms with Crippen molar-refractivity contribution in [3.63, 3.8) is 0 Å². The van der Waals surface area contributed by atoms with Gasteiger partial charge in [-0.25, -0.2) is 0 Å². The number of carbonyl (C=O) groups excluding carboxylic acids is 2. The summed E-state index contributed by atoms with van der Waals surface area (Å²) in [5.41, 5.74) is 6.69. The Bertz CT molecular complexity index is 730. The van der Waals surface area contributed by atoms with E-state index in [9.17, 15) is 14.7 Å². The zero-order valence-electron chi connectivity index (χ0n) is 21.2. The molecule has 1 aromatic rings. The van der Waals surface area contributed by atoms with Gasteiger partial charge in [0.1, 0.15) is 11.9 Å². The highest BCUT2D eigenvalue weighted by Gasteiger charge is 2.24. The quantitative estimate of drug-likeness (QED) is 0.249. The number of unbranched alkanes of at least 4 members (excludes halogenated alkanes) is 1. The Hall–Kier alpha value is -2.20. The lowest BCUT2D eigenvalue weighted by atomic mass is 9.87. The van der Waals surface area contributed by atoms with E-state index in [-0.39, 0.29) is 30.2 Å². The molecule has 0 aromatic heterocycles. The molecule has 0 aliphatic carbocycles. The molecule has 0 aliphatic heterocycles. The van der Waals surface area contributed by atoms with Crippen LogP contribution in [0, 0.1) is 11.8 Å². The lowest BCUT2D eigenvalue weighted by molar-refractivity contribution is -0.130. The van der Waals surface area contributed by atoms with Crippen LogP contribution in [0.25, 0.3) is 0 Å². The molecule has 5 N–H and O–H groups in total. The van der Waals surface area contributed by atoms with E-state index in [1.54, 1.807) is 32.2 Å². The number of nitrogens with one attached hydrogen (secondary N) is 2. The van der Waals surface area contributed by atoms with E-state index < -0.39 is 18.2 Å². The van der Waals surface area contributed by atoms with Gasteiger partial charge in [0.2, 0.25) is 5.91 Å². The summed E-state index contributed by atoms with van der Waals surface area (Å²) in [5.74, 6) is 0.305. The fraction of sp³-hybridized carbons (Fsp3) is 0.680. The summed E-state index contributed by atoms with van der Waals surface area (Å²) in [6.07, 6.45) is 0.718. The molecule has 34 heavy (non-hydrogen) atoms. The van der Waals surface area contributed by atoms with E-state index in [1.165, 1.54) is 7.11 Å². The molecule has 0 heterocycles. The summed E-state index contributed by atoms with van der Waals surface area (Å²) in [7, 11) is 3.11. The van der Waals surface area contributed by atoms with Crippen LogP contribution in [0.3, 0.4) is 0 Å². The third-order valence-corrected chi connectivity index (χ3v) is 5.88. The Labute approximate surface area is 203 Å². The largest absolute Gasteiger partial charge is 0.493 e. The minimum Gasteiger partial charge on any atom is -0.493 e. The maximum atomic E-state index is 12.9. The van der Waals surface area contributed by atoms with Crippen LogP contribution < -0.4 is 21.1 Å². The van der Waals surface area contributed by atoms with Crippen molar-refractivity contribution in [3.8, 4) is 5.75 Å². The number of aliphatic hydroxyl groups excluding tert-OH is 1. The lowest BCUT2D eigenvalue weighted by Gasteiger charge is -2.27. The SMILES string of the molecule is COCCCCOc1ccccc1C(=O)NC[C@@H](C[C@H](N)[C@@H](O)CNC(=O)C(C)OC)C(C)C. The van der Waals surface area contributed by atoms with Crippen LogP contribution in [0.2, 0.25) is 0 Å². The third kappa shape index (κ3) is 10.8. The average molecular weight is 482 g/mol. The van der Waals surface area contributed by atoms with Gasteiger partial charge in [-0.2, -0.15) is 0 Å². The highest BCUT2D eigenvalue weighted by atomic mass is 16.5. The second-order valence-corrected chi connectivity index (χ2v) is 8.85. The van der Waals surface area contributed by atoms with Crippen LogP contribution >= 0.6 is 0 Å². The topological polar surface area (TPSA) is 132 Å². The molecule has 0 radical (unpaired) electrons. The van der Waals surface area contributed by atoms with E-state index >= 15 is 0 Å². The highest BCUT2D eigenvalue weighted by molar-refractivity contribution is 5.96. The van der Waals surface area contributed by atoms with Gasteiger partial charge in [-0.1, -0.05) is 26.0 Å². The first-order valence-electron chi connectivity index (χ1n) is 11.9. The summed E-state index contributed by atoms with van der Waals surface area (Å²) in [4.78, 5) is 24.7. The van der Waals surface area contributed by atoms with E-state index in [0.717, 1.165) is 12.8 Å². The van der Waals surface area contributed by atoms with Gasteiger partial charge < -0.3 is 35.7 Å². The van der Waals surface area contributed by atoms with Gasteiger partial charge in [-0.3, -0.25) is 9.59 Å². The molecule has 194 valence electrons. The van der Waals surface area contributed by atoms with Crippen LogP contribution in [-0.4, -0.2) is 75.7 Å². The van der Waals surface area contributed by atoms with Crippen molar-refractivity contribution in [3.05, 3.63) is 29.8 Å². The number of nitrogens with two attached hydrogens (primary N) is 1. The zero-order chi connectivity index (χ0) is 25.5. The molecule has 0 fully saturated rings. The summed E-state index contributed by atoms with van der Waals surface area (Å²) < 4.78 is 15.8. The molecular weight excluding hydrogens is 438 g/mol. The van der Waals surface area contributed by atoms with Gasteiger partial charge in [0.05, 0.1) is 18.3 Å². The molecular formula is C25H43N3O6. The number of aliphatic hydroxyl groups is 1. The first kappa shape index (κ1) is 29.8. The number of benzene rings is 1. The molecule has 9 heteroatoms. The van der Waals surface area contributed by atoms with Gasteiger partial charge in [-0.05, 0) is 50.2 Å². The number of hydrogen-bond donors (Lipinski definition) is 4. The Morgan fingerprint density at radius 1 is 1.03 bits per heavy atom. The van der Waals surface area contributed by atoms with Gasteiger partial charge in [-0.15, -0.1) is 0 Å². The van der Waals surface area contributed by atoms with Crippen molar-refractivity contribution >= 4 is 11.8 Å². The minimum atomic E-state index is -0.905. The summed E-state index contributed by atoms with van der Waals surface area (Å²) >= 11 is 0. The first-order chi connectivity index (χ1) is 16.2. The van der Waals surface area contributed by atoms with E-state index in [4.69, 9.17) is 19.9 Å². The maximum absolute atomic E-state index is 12.9. The average Bonchev–Trinajstić information content (AvgIpc) is 2.83. The Morgan fingerprint density at radius 2 is 1.71 bits per heavy atom. The molecule has 9 nitrogen and oxygen atoms in total. The standard InChI is InChI=1S/C25H43N3O6/c1-17(2)19(14-21(26)22(29)16-28-24(30)18(3)33-5)15-27-25(31)20-10-6-7-11-23(20)34-13-9-8-12-32-4/h6-7,10-11,17-19,21-22,29H,8-9,12-16,26H2,1-5H3,(H,27,31)(H,28,30)/t18?,19-,21+,22+/m1/s1. The van der Waals surface area contributed by atoms with Crippen molar-refractivity contribution in [2.24, 2.45) is 17.6 Å². The van der Waals surface area contributed by atoms with Crippen LogP contribution in [0.5, 0.6) is 5.75 Å². The molecule has 1 aromatic carbocycles. The number of para-hydroxylation sites is 1. The summed E-state index contributed by atoms with van der Waals surface area (Å²) in [5, 5.41) is 16.0. The van der Waals surface area contributed by atoms with Crippen molar-refractivity contribution in [1.82, 2.24) is 10.6 Å². The Kier molecular flexibility index (Phi) is 14.4. The zero-order valence-corrected chi connectivity index (χ0v) is 21.2. The van der Waals surface area contributed by atoms with Gasteiger partial charge in [0.25, 0.3) is 5.91 Å². The third-order valence-electron chi connectivity index (χ3n) is 5.88. The fourth-order valence-electron chi connectivity index (χ4n) is 3.33. The predicted molar refractivity (Wildman–Crippen MR) is 132 cm³/mol. The van der Waals surface area contributed by atoms with Crippen LogP contribution in [0.1, 0.15) is 50.4 Å². The molecule has 1 unspecified atom stereocenters. The summed E-state index contributed by atoms with van der Waals surface area (Å²) in [6.45, 7) is 7.37.